The second kappa shape index (κ2) is 20.9. The summed E-state index contributed by atoms with van der Waals surface area (Å²) in [5, 5.41) is 3.00. The first-order valence-electron chi connectivity index (χ1n) is 28.2. The minimum absolute atomic E-state index is 0.129. The van der Waals surface area contributed by atoms with E-state index >= 15 is 0 Å². The van der Waals surface area contributed by atoms with Gasteiger partial charge in [0.15, 0.2) is 0 Å². The van der Waals surface area contributed by atoms with Gasteiger partial charge in [-0.15, -0.1) is 0 Å². The zero-order valence-corrected chi connectivity index (χ0v) is 51.7. The van der Waals surface area contributed by atoms with Crippen LogP contribution in [-0.4, -0.2) is 9.52 Å². The van der Waals surface area contributed by atoms with E-state index in [-0.39, 0.29) is 19.1 Å². The number of hydrogen-bond acceptors (Lipinski definition) is 0. The molecule has 4 unspecified atom stereocenters. The number of rotatable bonds is 17. The quantitative estimate of drug-likeness (QED) is 0.0798. The fourth-order valence-electron chi connectivity index (χ4n) is 13.2. The Kier molecular flexibility index (Phi) is 15.5. The summed E-state index contributed by atoms with van der Waals surface area (Å²) in [6.07, 6.45) is 11.5. The molecule has 0 nitrogen and oxygen atoms in total. The van der Waals surface area contributed by atoms with Crippen LogP contribution in [0.4, 0.5) is 0 Å². The van der Waals surface area contributed by atoms with Crippen LogP contribution in [-0.2, 0) is 29.2 Å². The van der Waals surface area contributed by atoms with Crippen LogP contribution in [0, 0.1) is 11.8 Å². The third kappa shape index (κ3) is 9.05. The van der Waals surface area contributed by atoms with Gasteiger partial charge in [-0.25, -0.2) is 0 Å². The molecule has 2 aliphatic carbocycles. The van der Waals surface area contributed by atoms with E-state index in [9.17, 15) is 17.0 Å². The Morgan fingerprint density at radius 1 is 0.486 bits per heavy atom. The Bertz CT molecular complexity index is 2900. The molecule has 377 valence electrons. The normalized spacial score (nSPS) is 17.8. The summed E-state index contributed by atoms with van der Waals surface area (Å²) in [6.45, 7) is 33.1. The number of fused-ring (bicyclic) bond motifs is 5. The molecule has 0 fully saturated rings. The van der Waals surface area contributed by atoms with Crippen molar-refractivity contribution in [2.45, 2.75) is 166 Å². The van der Waals surface area contributed by atoms with E-state index in [1.165, 1.54) is 114 Å². The molecule has 3 aliphatic rings. The van der Waals surface area contributed by atoms with Gasteiger partial charge in [-0.05, 0) is 0 Å². The third-order valence-corrected chi connectivity index (χ3v) is 40.3. The molecular weight excluding hydrogens is 1010 g/mol. The van der Waals surface area contributed by atoms with Crippen LogP contribution in [0.15, 0.2) is 114 Å². The molecule has 0 spiro atoms. The molecule has 6 aromatic rings. The molecule has 0 amide bonds. The molecule has 0 aromatic heterocycles. The summed E-state index contributed by atoms with van der Waals surface area (Å²) in [6, 6.07) is 41.4. The van der Waals surface area contributed by atoms with Gasteiger partial charge >= 0.3 is 450 Å². The van der Waals surface area contributed by atoms with E-state index in [1.54, 1.807) is 0 Å². The zero-order chi connectivity index (χ0) is 51.6. The molecule has 1 aliphatic heterocycles. The first kappa shape index (κ1) is 53.3. The molecule has 4 heteroatoms. The summed E-state index contributed by atoms with van der Waals surface area (Å²) < 4.78 is 1.07. The molecule has 0 radical (unpaired) electrons. The van der Waals surface area contributed by atoms with Crippen LogP contribution in [0.3, 0.4) is 0 Å². The van der Waals surface area contributed by atoms with Crippen molar-refractivity contribution >= 4 is 52.3 Å². The molecular formula is C68H83Cl2SiZr. The summed E-state index contributed by atoms with van der Waals surface area (Å²) in [5.41, 5.74) is 25.1. The second-order valence-corrected chi connectivity index (χ2v) is 46.1. The molecule has 6 aromatic carbocycles. The first-order chi connectivity index (χ1) is 34.4. The predicted molar refractivity (Wildman–Crippen MR) is 319 cm³/mol. The average molecular weight is 1090 g/mol. The van der Waals surface area contributed by atoms with Gasteiger partial charge in [-0.2, -0.15) is 0 Å². The number of aryl methyl sites for hydroxylation is 2. The van der Waals surface area contributed by atoms with Gasteiger partial charge < -0.3 is 0 Å². The fourth-order valence-corrected chi connectivity index (χ4v) is 41.2. The van der Waals surface area contributed by atoms with Crippen LogP contribution in [0.2, 0.25) is 0 Å². The van der Waals surface area contributed by atoms with Gasteiger partial charge in [-0.1, -0.05) is 0 Å². The summed E-state index contributed by atoms with van der Waals surface area (Å²) >= 11 is -5.88. The van der Waals surface area contributed by atoms with Crippen LogP contribution in [0.1, 0.15) is 209 Å². The van der Waals surface area contributed by atoms with Crippen LogP contribution in [0.5, 0.6) is 0 Å². The van der Waals surface area contributed by atoms with E-state index in [2.05, 4.69) is 212 Å². The van der Waals surface area contributed by atoms with Crippen molar-refractivity contribution in [3.8, 4) is 33.4 Å². The Morgan fingerprint density at radius 3 is 1.31 bits per heavy atom. The Hall–Kier alpha value is -3.52. The van der Waals surface area contributed by atoms with Crippen molar-refractivity contribution in [3.05, 3.63) is 170 Å². The number of hydrogen-bond donors (Lipinski definition) is 0. The van der Waals surface area contributed by atoms with Crippen LogP contribution < -0.4 is 13.6 Å². The molecule has 72 heavy (non-hydrogen) atoms. The van der Waals surface area contributed by atoms with E-state index in [1.807, 2.05) is 0 Å². The number of halogens is 2. The fraction of sp³-hybridized carbons (Fsp3) is 0.412. The van der Waals surface area contributed by atoms with Crippen molar-refractivity contribution in [2.24, 2.45) is 11.8 Å². The van der Waals surface area contributed by atoms with Gasteiger partial charge in [0.05, 0.1) is 0 Å². The van der Waals surface area contributed by atoms with Gasteiger partial charge in [0.2, 0.25) is 0 Å². The average Bonchev–Trinajstić information content (AvgIpc) is 4.08. The second-order valence-electron chi connectivity index (χ2n) is 23.7. The van der Waals surface area contributed by atoms with Gasteiger partial charge in [0.25, 0.3) is 0 Å². The Labute approximate surface area is 446 Å². The van der Waals surface area contributed by atoms with Gasteiger partial charge in [0, 0.05) is 0 Å². The molecule has 9 rings (SSSR count). The van der Waals surface area contributed by atoms with Crippen LogP contribution >= 0.6 is 17.0 Å². The van der Waals surface area contributed by atoms with Crippen molar-refractivity contribution < 1.29 is 16.4 Å². The maximum atomic E-state index is 9.79. The van der Waals surface area contributed by atoms with E-state index < -0.39 is 25.9 Å². The van der Waals surface area contributed by atoms with E-state index in [4.69, 9.17) is 0 Å². The zero-order valence-electron chi connectivity index (χ0n) is 46.3. The number of benzene rings is 6. The molecule has 4 atom stereocenters. The van der Waals surface area contributed by atoms with Crippen molar-refractivity contribution in [1.29, 1.82) is 0 Å². The van der Waals surface area contributed by atoms with Crippen molar-refractivity contribution in [2.75, 3.05) is 0 Å². The SMILES string of the molecule is CCCc1ccc2c(c1-c1cc(C(C)C)cc(C(C)C)c1)C=C(C(C)CC)[CH]2[Zr]([Cl])([Cl])([c]1cccc2c1[SiH2]c1ccccc1-2)[CH]1C(C(C)CC)=Cc2c1ccc(CCC)c2-c1cc(C(C)C)cc(C(C)C)c1. The summed E-state index contributed by atoms with van der Waals surface area (Å²) in [4.78, 5) is 0. The standard InChI is InChI=1S/2C28H37.C12H9Si.2ClH.Zr/c2*1-8-10-21-11-12-22-13-25(20(7)9-2)17-27(22)28(21)26-15-23(18(3)4)14-24(16-26)19(5)6;1-3-7-11-9(5-1)10-6-2-4-8-12(10)13-11;;;/h2*11-20H,8-10H2,1-7H3;1-7H,13H2;2*1H;/q;;;;;+2/p-2. The van der Waals surface area contributed by atoms with Crippen molar-refractivity contribution in [1.82, 2.24) is 0 Å². The van der Waals surface area contributed by atoms with Gasteiger partial charge in [0.1, 0.15) is 0 Å². The first-order valence-corrected chi connectivity index (χ1v) is 40.0. The molecule has 0 saturated carbocycles. The third-order valence-electron chi connectivity index (χ3n) is 17.7. The van der Waals surface area contributed by atoms with Crippen molar-refractivity contribution in [3.63, 3.8) is 0 Å². The Morgan fingerprint density at radius 2 is 0.903 bits per heavy atom. The van der Waals surface area contributed by atoms with E-state index in [0.29, 0.717) is 23.7 Å². The van der Waals surface area contributed by atoms with E-state index in [0.717, 1.165) is 38.5 Å². The topological polar surface area (TPSA) is 0 Å². The minimum atomic E-state index is -5.88. The molecule has 1 heterocycles. The van der Waals surface area contributed by atoms with Crippen LogP contribution in [0.25, 0.3) is 45.5 Å². The maximum absolute atomic E-state index is 9.79. The molecule has 0 N–H and O–H groups in total. The summed E-state index contributed by atoms with van der Waals surface area (Å²) in [7, 11) is 18.7. The predicted octanol–water partition coefficient (Wildman–Crippen LogP) is 18.5. The Balaban J connectivity index is 1.43. The molecule has 0 bridgehead atoms. The number of allylic oxidation sites excluding steroid dienone is 2. The molecule has 0 saturated heterocycles. The monoisotopic (exact) mass is 1090 g/mol. The summed E-state index contributed by atoms with van der Waals surface area (Å²) in [5.74, 6) is 2.23. The van der Waals surface area contributed by atoms with Gasteiger partial charge in [-0.3, -0.25) is 0 Å².